The number of amides is 1. The Kier molecular flexibility index (Phi) is 5.13. The summed E-state index contributed by atoms with van der Waals surface area (Å²) in [5.41, 5.74) is 0.0540. The van der Waals surface area contributed by atoms with E-state index in [1.54, 1.807) is 0 Å². The lowest BCUT2D eigenvalue weighted by molar-refractivity contribution is -0.0706. The van der Waals surface area contributed by atoms with Crippen LogP contribution >= 0.6 is 0 Å². The van der Waals surface area contributed by atoms with Gasteiger partial charge in [0.1, 0.15) is 5.60 Å². The first-order chi connectivity index (χ1) is 11.6. The van der Waals surface area contributed by atoms with Gasteiger partial charge in [-0.3, -0.25) is 0 Å². The third-order valence-corrected chi connectivity index (χ3v) is 6.89. The maximum absolute atomic E-state index is 12.5. The highest BCUT2D eigenvalue weighted by atomic mass is 16.6. The van der Waals surface area contributed by atoms with Crippen molar-refractivity contribution in [3.63, 3.8) is 0 Å². The number of hydrogen-bond acceptors (Lipinski definition) is 3. The quantitative estimate of drug-likeness (QED) is 0.715. The molecule has 3 aliphatic rings. The van der Waals surface area contributed by atoms with E-state index in [9.17, 15) is 4.79 Å². The summed E-state index contributed by atoms with van der Waals surface area (Å²) in [4.78, 5) is 14.4. The van der Waals surface area contributed by atoms with Crippen molar-refractivity contribution in [1.29, 1.82) is 0 Å². The molecule has 1 atom stereocenters. The summed E-state index contributed by atoms with van der Waals surface area (Å²) in [6.07, 6.45) is 9.99. The molecule has 0 bridgehead atoms. The molecule has 4 heteroatoms. The zero-order valence-electron chi connectivity index (χ0n) is 16.9. The summed E-state index contributed by atoms with van der Waals surface area (Å²) >= 11 is 0. The van der Waals surface area contributed by atoms with Crippen molar-refractivity contribution in [2.45, 2.75) is 90.3 Å². The van der Waals surface area contributed by atoms with E-state index in [-0.39, 0.29) is 11.7 Å². The summed E-state index contributed by atoms with van der Waals surface area (Å²) in [6, 6.07) is 0. The molecule has 0 aromatic heterocycles. The monoisotopic (exact) mass is 351 g/mol. The Morgan fingerprint density at radius 3 is 2.28 bits per heavy atom. The fourth-order valence-electron chi connectivity index (χ4n) is 4.91. The number of nitrogens with zero attached hydrogens (tertiary/aromatic N) is 1. The van der Waals surface area contributed by atoms with E-state index in [1.807, 2.05) is 32.8 Å². The highest BCUT2D eigenvalue weighted by Gasteiger charge is 2.49. The highest BCUT2D eigenvalue weighted by Crippen LogP contribution is 2.56. The molecule has 0 spiro atoms. The molecule has 25 heavy (non-hydrogen) atoms. The van der Waals surface area contributed by atoms with Gasteiger partial charge >= 0.3 is 6.09 Å². The molecule has 4 nitrogen and oxygen atoms in total. The SMILES string of the molecule is COC1(C)CCC(CC2CC2)(C2CCN(C(=O)OC(C)(C)C)C2)CC1. The molecule has 144 valence electrons. The summed E-state index contributed by atoms with van der Waals surface area (Å²) < 4.78 is 11.4. The molecule has 1 amide bonds. The smallest absolute Gasteiger partial charge is 0.410 e. The predicted molar refractivity (Wildman–Crippen MR) is 99.6 cm³/mol. The van der Waals surface area contributed by atoms with Gasteiger partial charge in [0.2, 0.25) is 0 Å². The number of likely N-dealkylation sites (tertiary alicyclic amines) is 1. The van der Waals surface area contributed by atoms with Gasteiger partial charge in [-0.05, 0) is 83.5 Å². The Bertz CT molecular complexity index is 484. The predicted octanol–water partition coefficient (Wildman–Crippen LogP) is 5.01. The summed E-state index contributed by atoms with van der Waals surface area (Å²) in [5.74, 6) is 1.56. The van der Waals surface area contributed by atoms with Crippen molar-refractivity contribution in [3.8, 4) is 0 Å². The average molecular weight is 352 g/mol. The number of methoxy groups -OCH3 is 1. The minimum Gasteiger partial charge on any atom is -0.444 e. The molecule has 1 unspecified atom stereocenters. The number of carbonyl (C=O) groups is 1. The van der Waals surface area contributed by atoms with Crippen LogP contribution in [0.3, 0.4) is 0 Å². The van der Waals surface area contributed by atoms with Gasteiger partial charge in [0.15, 0.2) is 0 Å². The maximum atomic E-state index is 12.5. The summed E-state index contributed by atoms with van der Waals surface area (Å²) in [6.45, 7) is 9.83. The van der Waals surface area contributed by atoms with Gasteiger partial charge in [-0.1, -0.05) is 12.8 Å². The highest BCUT2D eigenvalue weighted by molar-refractivity contribution is 5.68. The summed E-state index contributed by atoms with van der Waals surface area (Å²) in [7, 11) is 1.85. The number of hydrogen-bond donors (Lipinski definition) is 0. The zero-order valence-corrected chi connectivity index (χ0v) is 16.9. The molecule has 3 fully saturated rings. The van der Waals surface area contributed by atoms with E-state index in [0.29, 0.717) is 11.3 Å². The van der Waals surface area contributed by atoms with Crippen LogP contribution in [0.2, 0.25) is 0 Å². The average Bonchev–Trinajstić information content (AvgIpc) is 3.19. The Labute approximate surface area is 153 Å². The van der Waals surface area contributed by atoms with Crippen LogP contribution in [0.5, 0.6) is 0 Å². The van der Waals surface area contributed by atoms with Crippen LogP contribution < -0.4 is 0 Å². The topological polar surface area (TPSA) is 38.8 Å². The first-order valence-electron chi connectivity index (χ1n) is 10.2. The van der Waals surface area contributed by atoms with E-state index in [1.165, 1.54) is 32.1 Å². The Morgan fingerprint density at radius 1 is 1.12 bits per heavy atom. The molecule has 0 radical (unpaired) electrons. The molecule has 0 N–H and O–H groups in total. The van der Waals surface area contributed by atoms with E-state index >= 15 is 0 Å². The molecule has 0 aromatic carbocycles. The van der Waals surface area contributed by atoms with Crippen LogP contribution in [-0.4, -0.2) is 42.4 Å². The van der Waals surface area contributed by atoms with E-state index in [4.69, 9.17) is 9.47 Å². The second-order valence-electron chi connectivity index (χ2n) is 10.1. The van der Waals surface area contributed by atoms with E-state index < -0.39 is 5.60 Å². The van der Waals surface area contributed by atoms with Crippen molar-refractivity contribution in [1.82, 2.24) is 4.90 Å². The van der Waals surface area contributed by atoms with Crippen LogP contribution in [0, 0.1) is 17.3 Å². The fraction of sp³-hybridized carbons (Fsp3) is 0.952. The molecule has 2 aliphatic carbocycles. The second kappa shape index (κ2) is 6.75. The van der Waals surface area contributed by atoms with Gasteiger partial charge in [0.05, 0.1) is 5.60 Å². The number of rotatable bonds is 4. The lowest BCUT2D eigenvalue weighted by atomic mass is 9.60. The van der Waals surface area contributed by atoms with Gasteiger partial charge < -0.3 is 14.4 Å². The van der Waals surface area contributed by atoms with Gasteiger partial charge in [0.25, 0.3) is 0 Å². The van der Waals surface area contributed by atoms with Gasteiger partial charge in [-0.2, -0.15) is 0 Å². The van der Waals surface area contributed by atoms with Crippen molar-refractivity contribution < 1.29 is 14.3 Å². The molecular formula is C21H37NO3. The number of carbonyl (C=O) groups excluding carboxylic acids is 1. The lowest BCUT2D eigenvalue weighted by Gasteiger charge is -2.48. The van der Waals surface area contributed by atoms with Gasteiger partial charge in [-0.15, -0.1) is 0 Å². The van der Waals surface area contributed by atoms with Crippen molar-refractivity contribution in [2.75, 3.05) is 20.2 Å². The van der Waals surface area contributed by atoms with Gasteiger partial charge in [-0.25, -0.2) is 4.79 Å². The molecule has 1 aliphatic heterocycles. The van der Waals surface area contributed by atoms with Crippen LogP contribution in [0.4, 0.5) is 4.79 Å². The largest absolute Gasteiger partial charge is 0.444 e. The van der Waals surface area contributed by atoms with Gasteiger partial charge in [0, 0.05) is 20.2 Å². The standard InChI is InChI=1S/C21H37NO3/c1-19(2,3)25-18(23)22-13-8-17(15-22)21(14-16-6-7-16)11-9-20(4,24-5)10-12-21/h16-17H,6-15H2,1-5H3. The van der Waals surface area contributed by atoms with E-state index in [2.05, 4.69) is 6.92 Å². The minimum absolute atomic E-state index is 0.0521. The van der Waals surface area contributed by atoms with Crippen LogP contribution in [-0.2, 0) is 9.47 Å². The normalized spacial score (nSPS) is 36.5. The van der Waals surface area contributed by atoms with Crippen LogP contribution in [0.1, 0.15) is 79.1 Å². The first-order valence-corrected chi connectivity index (χ1v) is 10.2. The minimum atomic E-state index is -0.411. The zero-order chi connectivity index (χ0) is 18.3. The second-order valence-corrected chi connectivity index (χ2v) is 10.1. The van der Waals surface area contributed by atoms with Crippen LogP contribution in [0.15, 0.2) is 0 Å². The molecule has 0 aromatic rings. The number of ether oxygens (including phenoxy) is 2. The third kappa shape index (κ3) is 4.50. The lowest BCUT2D eigenvalue weighted by Crippen LogP contribution is -2.44. The van der Waals surface area contributed by atoms with Crippen LogP contribution in [0.25, 0.3) is 0 Å². The molecular weight excluding hydrogens is 314 g/mol. The third-order valence-electron chi connectivity index (χ3n) is 6.89. The Balaban J connectivity index is 1.66. The van der Waals surface area contributed by atoms with Crippen molar-refractivity contribution >= 4 is 6.09 Å². The first kappa shape index (κ1) is 19.0. The van der Waals surface area contributed by atoms with Crippen molar-refractivity contribution in [3.05, 3.63) is 0 Å². The summed E-state index contributed by atoms with van der Waals surface area (Å²) in [5, 5.41) is 0. The molecule has 3 rings (SSSR count). The van der Waals surface area contributed by atoms with E-state index in [0.717, 1.165) is 38.3 Å². The molecule has 1 saturated heterocycles. The Hall–Kier alpha value is -0.770. The molecule has 2 saturated carbocycles. The maximum Gasteiger partial charge on any atom is 0.410 e. The Morgan fingerprint density at radius 2 is 1.76 bits per heavy atom. The van der Waals surface area contributed by atoms with Crippen molar-refractivity contribution in [2.24, 2.45) is 17.3 Å². The fourth-order valence-corrected chi connectivity index (χ4v) is 4.91. The molecule has 1 heterocycles.